The fourth-order valence-electron chi connectivity index (χ4n) is 2.31. The Balaban J connectivity index is 2.06. The number of fused-ring (bicyclic) bond motifs is 2. The molecule has 5 nitrogen and oxygen atoms in total. The summed E-state index contributed by atoms with van der Waals surface area (Å²) in [5.41, 5.74) is 3.26. The van der Waals surface area contributed by atoms with Crippen LogP contribution in [0.15, 0.2) is 29.8 Å². The largest absolute Gasteiger partial charge is 0.506 e. The molecule has 0 amide bonds. The molecule has 0 saturated heterocycles. The first-order valence-corrected chi connectivity index (χ1v) is 6.72. The molecule has 4 rings (SSSR count). The standard InChI is InChI=1S/C13H10N4OS/c1-7-11(17-5-6-19-13(17)14-7)12-15-8-3-2-4-9(18)10(8)16-12/h2-6,18H,1H3,(H,15,16). The van der Waals surface area contributed by atoms with Crippen LogP contribution in [0.2, 0.25) is 0 Å². The maximum absolute atomic E-state index is 9.82. The molecule has 0 saturated carbocycles. The van der Waals surface area contributed by atoms with Crippen molar-refractivity contribution in [2.24, 2.45) is 0 Å². The van der Waals surface area contributed by atoms with Crippen molar-refractivity contribution in [3.63, 3.8) is 0 Å². The number of H-pyrrole nitrogens is 1. The van der Waals surface area contributed by atoms with Gasteiger partial charge in [0.25, 0.3) is 0 Å². The summed E-state index contributed by atoms with van der Waals surface area (Å²) < 4.78 is 2.01. The van der Waals surface area contributed by atoms with Crippen molar-refractivity contribution < 1.29 is 5.11 Å². The molecule has 3 heterocycles. The summed E-state index contributed by atoms with van der Waals surface area (Å²) in [6.07, 6.45) is 1.97. The van der Waals surface area contributed by atoms with E-state index in [4.69, 9.17) is 0 Å². The van der Waals surface area contributed by atoms with Gasteiger partial charge in [0.1, 0.15) is 17.0 Å². The summed E-state index contributed by atoms with van der Waals surface area (Å²) in [4.78, 5) is 13.2. The molecule has 2 N–H and O–H groups in total. The van der Waals surface area contributed by atoms with Gasteiger partial charge in [-0.15, -0.1) is 11.3 Å². The highest BCUT2D eigenvalue weighted by Crippen LogP contribution is 2.29. The highest BCUT2D eigenvalue weighted by Gasteiger charge is 2.16. The predicted molar refractivity (Wildman–Crippen MR) is 74.6 cm³/mol. The van der Waals surface area contributed by atoms with Crippen molar-refractivity contribution in [3.05, 3.63) is 35.5 Å². The molecular formula is C13H10N4OS. The van der Waals surface area contributed by atoms with E-state index in [9.17, 15) is 5.11 Å². The number of imidazole rings is 2. The predicted octanol–water partition coefficient (Wildman–Crippen LogP) is 2.95. The molecule has 94 valence electrons. The fourth-order valence-corrected chi connectivity index (χ4v) is 3.07. The first-order chi connectivity index (χ1) is 9.24. The molecule has 4 aromatic rings. The van der Waals surface area contributed by atoms with Gasteiger partial charge in [-0.25, -0.2) is 9.97 Å². The van der Waals surface area contributed by atoms with Crippen LogP contribution in [0.4, 0.5) is 0 Å². The normalized spacial score (nSPS) is 11.6. The maximum Gasteiger partial charge on any atom is 0.194 e. The average molecular weight is 270 g/mol. The van der Waals surface area contributed by atoms with Gasteiger partial charge < -0.3 is 10.1 Å². The van der Waals surface area contributed by atoms with E-state index in [2.05, 4.69) is 15.0 Å². The number of aromatic nitrogens is 4. The van der Waals surface area contributed by atoms with E-state index in [1.807, 2.05) is 29.0 Å². The van der Waals surface area contributed by atoms with Crippen molar-refractivity contribution in [2.45, 2.75) is 6.92 Å². The van der Waals surface area contributed by atoms with Gasteiger partial charge in [0, 0.05) is 11.6 Å². The Morgan fingerprint density at radius 1 is 1.32 bits per heavy atom. The molecule has 1 aromatic carbocycles. The van der Waals surface area contributed by atoms with Crippen molar-refractivity contribution in [1.29, 1.82) is 0 Å². The zero-order chi connectivity index (χ0) is 13.0. The Morgan fingerprint density at radius 2 is 2.21 bits per heavy atom. The Labute approximate surface area is 112 Å². The van der Waals surface area contributed by atoms with Crippen LogP contribution in [0.1, 0.15) is 5.69 Å². The number of phenols is 1. The van der Waals surface area contributed by atoms with Gasteiger partial charge in [0.15, 0.2) is 10.8 Å². The SMILES string of the molecule is Cc1nc2sccn2c1-c1nc2c(O)cccc2[nH]1. The summed E-state index contributed by atoms with van der Waals surface area (Å²) in [6.45, 7) is 1.96. The highest BCUT2D eigenvalue weighted by molar-refractivity contribution is 7.15. The number of aryl methyl sites for hydroxylation is 1. The van der Waals surface area contributed by atoms with Crippen LogP contribution in [-0.4, -0.2) is 24.5 Å². The van der Waals surface area contributed by atoms with Crippen molar-refractivity contribution in [3.8, 4) is 17.3 Å². The molecule has 0 unspecified atom stereocenters. The number of rotatable bonds is 1. The minimum absolute atomic E-state index is 0.184. The highest BCUT2D eigenvalue weighted by atomic mass is 32.1. The Kier molecular flexibility index (Phi) is 1.99. The number of benzene rings is 1. The Hall–Kier alpha value is -2.34. The van der Waals surface area contributed by atoms with E-state index in [1.54, 1.807) is 23.5 Å². The zero-order valence-corrected chi connectivity index (χ0v) is 10.9. The lowest BCUT2D eigenvalue weighted by Crippen LogP contribution is -1.88. The second kappa shape index (κ2) is 3.58. The maximum atomic E-state index is 9.82. The number of nitrogens with one attached hydrogen (secondary N) is 1. The summed E-state index contributed by atoms with van der Waals surface area (Å²) >= 11 is 1.59. The van der Waals surface area contributed by atoms with Gasteiger partial charge in [-0.2, -0.15) is 0 Å². The summed E-state index contributed by atoms with van der Waals surface area (Å²) in [5.74, 6) is 0.906. The van der Waals surface area contributed by atoms with E-state index in [-0.39, 0.29) is 5.75 Å². The molecule has 0 bridgehead atoms. The number of hydrogen-bond donors (Lipinski definition) is 2. The Morgan fingerprint density at radius 3 is 3.05 bits per heavy atom. The number of thiazole rings is 1. The fraction of sp³-hybridized carbons (Fsp3) is 0.0769. The lowest BCUT2D eigenvalue weighted by molar-refractivity contribution is 0.480. The molecule has 19 heavy (non-hydrogen) atoms. The van der Waals surface area contributed by atoms with Gasteiger partial charge in [-0.3, -0.25) is 4.40 Å². The van der Waals surface area contributed by atoms with Crippen LogP contribution in [0.5, 0.6) is 5.75 Å². The van der Waals surface area contributed by atoms with Crippen LogP contribution >= 0.6 is 11.3 Å². The van der Waals surface area contributed by atoms with E-state index in [1.165, 1.54) is 0 Å². The number of aromatic amines is 1. The third-order valence-corrected chi connectivity index (χ3v) is 3.91. The van der Waals surface area contributed by atoms with Crippen LogP contribution in [0.3, 0.4) is 0 Å². The molecule has 6 heteroatoms. The average Bonchev–Trinajstić information content (AvgIpc) is 3.02. The first kappa shape index (κ1) is 10.6. The lowest BCUT2D eigenvalue weighted by Gasteiger charge is -1.95. The summed E-state index contributed by atoms with van der Waals surface area (Å²) in [6, 6.07) is 5.33. The van der Waals surface area contributed by atoms with Crippen LogP contribution in [0, 0.1) is 6.92 Å². The topological polar surface area (TPSA) is 66.2 Å². The number of phenolic OH excluding ortho intramolecular Hbond substituents is 1. The molecule has 0 aliphatic carbocycles. The lowest BCUT2D eigenvalue weighted by atomic mass is 10.3. The van der Waals surface area contributed by atoms with Crippen molar-refractivity contribution >= 4 is 27.3 Å². The minimum Gasteiger partial charge on any atom is -0.506 e. The Bertz CT molecular complexity index is 902. The van der Waals surface area contributed by atoms with Gasteiger partial charge >= 0.3 is 0 Å². The summed E-state index contributed by atoms with van der Waals surface area (Å²) in [5, 5.41) is 11.8. The van der Waals surface area contributed by atoms with E-state index >= 15 is 0 Å². The zero-order valence-electron chi connectivity index (χ0n) is 10.1. The number of hydrogen-bond acceptors (Lipinski definition) is 4. The molecule has 0 radical (unpaired) electrons. The molecule has 3 aromatic heterocycles. The molecular weight excluding hydrogens is 260 g/mol. The van der Waals surface area contributed by atoms with Gasteiger partial charge in [0.2, 0.25) is 0 Å². The van der Waals surface area contributed by atoms with E-state index < -0.39 is 0 Å². The molecule has 0 spiro atoms. The second-order valence-electron chi connectivity index (χ2n) is 4.36. The van der Waals surface area contributed by atoms with Crippen molar-refractivity contribution in [1.82, 2.24) is 19.4 Å². The van der Waals surface area contributed by atoms with E-state index in [0.717, 1.165) is 27.7 Å². The molecule has 0 aliphatic heterocycles. The molecule has 0 aliphatic rings. The number of para-hydroxylation sites is 1. The first-order valence-electron chi connectivity index (χ1n) is 5.84. The van der Waals surface area contributed by atoms with Gasteiger partial charge in [-0.05, 0) is 19.1 Å². The second-order valence-corrected chi connectivity index (χ2v) is 5.23. The van der Waals surface area contributed by atoms with Crippen molar-refractivity contribution in [2.75, 3.05) is 0 Å². The third kappa shape index (κ3) is 1.40. The third-order valence-electron chi connectivity index (χ3n) is 3.15. The molecule has 0 fully saturated rings. The van der Waals surface area contributed by atoms with E-state index in [0.29, 0.717) is 5.52 Å². The molecule has 0 atom stereocenters. The quantitative estimate of drug-likeness (QED) is 0.559. The number of aromatic hydroxyl groups is 1. The van der Waals surface area contributed by atoms with Gasteiger partial charge in [-0.1, -0.05) is 6.07 Å². The monoisotopic (exact) mass is 270 g/mol. The number of nitrogens with zero attached hydrogens (tertiary/aromatic N) is 3. The van der Waals surface area contributed by atoms with Crippen LogP contribution < -0.4 is 0 Å². The van der Waals surface area contributed by atoms with Gasteiger partial charge in [0.05, 0.1) is 11.2 Å². The van der Waals surface area contributed by atoms with Crippen LogP contribution in [0.25, 0.3) is 27.5 Å². The van der Waals surface area contributed by atoms with Crippen LogP contribution in [-0.2, 0) is 0 Å². The minimum atomic E-state index is 0.184. The smallest absolute Gasteiger partial charge is 0.194 e. The summed E-state index contributed by atoms with van der Waals surface area (Å²) in [7, 11) is 0.